The fraction of sp³-hybridized carbons (Fsp3) is 0.259. The van der Waals surface area contributed by atoms with E-state index in [1.165, 1.54) is 23.1 Å². The van der Waals surface area contributed by atoms with E-state index in [1.54, 1.807) is 49.4 Å². The molecule has 0 aliphatic heterocycles. The van der Waals surface area contributed by atoms with Crippen molar-refractivity contribution in [3.05, 3.63) is 94.2 Å². The number of hydrogen-bond donors (Lipinski definition) is 1. The van der Waals surface area contributed by atoms with Gasteiger partial charge in [-0.15, -0.1) is 0 Å². The van der Waals surface area contributed by atoms with E-state index in [9.17, 15) is 22.4 Å². The molecule has 0 radical (unpaired) electrons. The van der Waals surface area contributed by atoms with Crippen molar-refractivity contribution in [1.29, 1.82) is 0 Å². The van der Waals surface area contributed by atoms with Gasteiger partial charge >= 0.3 is 0 Å². The molecule has 3 aromatic carbocycles. The van der Waals surface area contributed by atoms with E-state index in [0.29, 0.717) is 23.6 Å². The maximum Gasteiger partial charge on any atom is 0.264 e. The second-order valence-electron chi connectivity index (χ2n) is 8.54. The van der Waals surface area contributed by atoms with Crippen molar-refractivity contribution in [2.45, 2.75) is 37.8 Å². The fourth-order valence-corrected chi connectivity index (χ4v) is 5.38. The lowest BCUT2D eigenvalue weighted by molar-refractivity contribution is -0.139. The van der Waals surface area contributed by atoms with E-state index in [2.05, 4.69) is 5.32 Å². The molecule has 0 fully saturated rings. The molecule has 3 rings (SSSR count). The van der Waals surface area contributed by atoms with Crippen molar-refractivity contribution in [2.24, 2.45) is 0 Å². The lowest BCUT2D eigenvalue weighted by Crippen LogP contribution is -2.51. The molecule has 0 aromatic heterocycles. The summed E-state index contributed by atoms with van der Waals surface area (Å²) >= 11 is 12.0. The molecule has 0 saturated carbocycles. The van der Waals surface area contributed by atoms with E-state index in [-0.39, 0.29) is 28.1 Å². The lowest BCUT2D eigenvalue weighted by atomic mass is 10.1. The van der Waals surface area contributed by atoms with Crippen LogP contribution in [-0.4, -0.2) is 44.3 Å². The normalized spacial score (nSPS) is 12.0. The standard InChI is InChI=1S/C27H28Cl2FN3O4S/c1-3-15-31-27(35)19(2)32(17-20-9-11-21(28)12-10-20)26(34)18-33(22-13-14-25(30)24(29)16-22)38(36,37)23-7-5-4-6-8-23/h4-14,16,19H,3,15,17-18H2,1-2H3,(H,31,35)/t19-/m1/s1. The summed E-state index contributed by atoms with van der Waals surface area (Å²) in [6.45, 7) is 3.28. The average Bonchev–Trinajstić information content (AvgIpc) is 2.91. The first-order valence-electron chi connectivity index (χ1n) is 11.9. The summed E-state index contributed by atoms with van der Waals surface area (Å²) < 4.78 is 42.1. The number of nitrogens with one attached hydrogen (secondary N) is 1. The number of amides is 2. The Kier molecular flexibility index (Phi) is 10.1. The Hall–Kier alpha value is -3.14. The molecule has 1 N–H and O–H groups in total. The Balaban J connectivity index is 2.02. The van der Waals surface area contributed by atoms with Gasteiger partial charge in [-0.05, 0) is 61.4 Å². The third-order valence-corrected chi connectivity index (χ3v) is 8.11. The lowest BCUT2D eigenvalue weighted by Gasteiger charge is -2.32. The van der Waals surface area contributed by atoms with Crippen LogP contribution in [0.5, 0.6) is 0 Å². The zero-order valence-corrected chi connectivity index (χ0v) is 23.2. The number of rotatable bonds is 11. The molecule has 3 aromatic rings. The predicted octanol–water partition coefficient (Wildman–Crippen LogP) is 5.27. The van der Waals surface area contributed by atoms with Crippen molar-refractivity contribution in [2.75, 3.05) is 17.4 Å². The molecule has 11 heteroatoms. The minimum Gasteiger partial charge on any atom is -0.354 e. The Morgan fingerprint density at radius 3 is 2.26 bits per heavy atom. The molecule has 0 aliphatic carbocycles. The van der Waals surface area contributed by atoms with Gasteiger partial charge in [0.2, 0.25) is 11.8 Å². The molecule has 0 bridgehead atoms. The number of hydrogen-bond acceptors (Lipinski definition) is 4. The maximum absolute atomic E-state index is 13.9. The summed E-state index contributed by atoms with van der Waals surface area (Å²) in [6.07, 6.45) is 0.706. The topological polar surface area (TPSA) is 86.8 Å². The Morgan fingerprint density at radius 1 is 1.00 bits per heavy atom. The second kappa shape index (κ2) is 13.1. The molecule has 0 aliphatic rings. The first-order valence-corrected chi connectivity index (χ1v) is 14.1. The van der Waals surface area contributed by atoms with E-state index >= 15 is 0 Å². The largest absolute Gasteiger partial charge is 0.354 e. The summed E-state index contributed by atoms with van der Waals surface area (Å²) in [5.74, 6) is -1.75. The zero-order chi connectivity index (χ0) is 27.9. The Bertz CT molecular complexity index is 1370. The summed E-state index contributed by atoms with van der Waals surface area (Å²) in [6, 6.07) is 16.8. The molecule has 38 heavy (non-hydrogen) atoms. The van der Waals surface area contributed by atoms with Crippen molar-refractivity contribution in [3.63, 3.8) is 0 Å². The molecule has 0 heterocycles. The number of carbonyl (C=O) groups is 2. The van der Waals surface area contributed by atoms with Crippen LogP contribution in [-0.2, 0) is 26.2 Å². The maximum atomic E-state index is 13.9. The van der Waals surface area contributed by atoms with E-state index < -0.39 is 34.3 Å². The van der Waals surface area contributed by atoms with Gasteiger partial charge in [0, 0.05) is 18.1 Å². The van der Waals surface area contributed by atoms with E-state index in [4.69, 9.17) is 23.2 Å². The van der Waals surface area contributed by atoms with Crippen LogP contribution in [0.2, 0.25) is 10.0 Å². The van der Waals surface area contributed by atoms with Crippen molar-refractivity contribution in [1.82, 2.24) is 10.2 Å². The second-order valence-corrected chi connectivity index (χ2v) is 11.2. The highest BCUT2D eigenvalue weighted by molar-refractivity contribution is 7.92. The van der Waals surface area contributed by atoms with Crippen LogP contribution >= 0.6 is 23.2 Å². The van der Waals surface area contributed by atoms with Crippen LogP contribution in [0.15, 0.2) is 77.7 Å². The summed E-state index contributed by atoms with van der Waals surface area (Å²) in [4.78, 5) is 27.8. The average molecular weight is 581 g/mol. The van der Waals surface area contributed by atoms with Crippen LogP contribution in [0.3, 0.4) is 0 Å². The predicted molar refractivity (Wildman–Crippen MR) is 147 cm³/mol. The Labute approximate surface area is 232 Å². The van der Waals surface area contributed by atoms with Crippen molar-refractivity contribution < 1.29 is 22.4 Å². The highest BCUT2D eigenvalue weighted by Crippen LogP contribution is 2.28. The molecule has 2 amide bonds. The third kappa shape index (κ3) is 7.24. The van der Waals surface area contributed by atoms with Crippen LogP contribution in [0.25, 0.3) is 0 Å². The SMILES string of the molecule is CCCNC(=O)[C@@H](C)N(Cc1ccc(Cl)cc1)C(=O)CN(c1ccc(F)c(Cl)c1)S(=O)(=O)c1ccccc1. The van der Waals surface area contributed by atoms with Crippen LogP contribution in [0.1, 0.15) is 25.8 Å². The van der Waals surface area contributed by atoms with Gasteiger partial charge in [0.05, 0.1) is 15.6 Å². The van der Waals surface area contributed by atoms with Gasteiger partial charge in [-0.2, -0.15) is 0 Å². The first kappa shape index (κ1) is 29.4. The number of halogens is 3. The van der Waals surface area contributed by atoms with Crippen LogP contribution < -0.4 is 9.62 Å². The highest BCUT2D eigenvalue weighted by atomic mass is 35.5. The van der Waals surface area contributed by atoms with Crippen LogP contribution in [0, 0.1) is 5.82 Å². The quantitative estimate of drug-likeness (QED) is 0.335. The monoisotopic (exact) mass is 579 g/mol. The molecule has 1 atom stereocenters. The number of benzene rings is 3. The summed E-state index contributed by atoms with van der Waals surface area (Å²) in [5, 5.41) is 2.98. The van der Waals surface area contributed by atoms with Crippen LogP contribution in [0.4, 0.5) is 10.1 Å². The molecular formula is C27H28Cl2FN3O4S. The molecular weight excluding hydrogens is 552 g/mol. The van der Waals surface area contributed by atoms with Gasteiger partial charge in [0.1, 0.15) is 18.4 Å². The fourth-order valence-electron chi connectivity index (χ4n) is 3.65. The third-order valence-electron chi connectivity index (χ3n) is 5.78. The Morgan fingerprint density at radius 2 is 1.66 bits per heavy atom. The van der Waals surface area contributed by atoms with E-state index in [1.807, 2.05) is 6.92 Å². The summed E-state index contributed by atoms with van der Waals surface area (Å²) in [7, 11) is -4.26. The van der Waals surface area contributed by atoms with Crippen molar-refractivity contribution in [3.8, 4) is 0 Å². The molecule has 202 valence electrons. The van der Waals surface area contributed by atoms with Gasteiger partial charge in [0.25, 0.3) is 10.0 Å². The minimum absolute atomic E-state index is 0.00290. The molecule has 0 spiro atoms. The van der Waals surface area contributed by atoms with E-state index in [0.717, 1.165) is 16.4 Å². The molecule has 0 saturated heterocycles. The van der Waals surface area contributed by atoms with Gasteiger partial charge in [-0.1, -0.05) is 60.5 Å². The van der Waals surface area contributed by atoms with Crippen molar-refractivity contribution >= 4 is 50.7 Å². The first-order chi connectivity index (χ1) is 18.0. The summed E-state index contributed by atoms with van der Waals surface area (Å²) in [5.41, 5.74) is 0.698. The number of nitrogens with zero attached hydrogens (tertiary/aromatic N) is 2. The van der Waals surface area contributed by atoms with Gasteiger partial charge in [0.15, 0.2) is 0 Å². The van der Waals surface area contributed by atoms with Gasteiger partial charge in [-0.25, -0.2) is 12.8 Å². The number of sulfonamides is 1. The van der Waals surface area contributed by atoms with Gasteiger partial charge < -0.3 is 10.2 Å². The van der Waals surface area contributed by atoms with Gasteiger partial charge in [-0.3, -0.25) is 13.9 Å². The smallest absolute Gasteiger partial charge is 0.264 e. The highest BCUT2D eigenvalue weighted by Gasteiger charge is 2.32. The molecule has 0 unspecified atom stereocenters. The number of anilines is 1. The number of carbonyl (C=O) groups excluding carboxylic acids is 2. The molecule has 7 nitrogen and oxygen atoms in total. The minimum atomic E-state index is -4.26. The zero-order valence-electron chi connectivity index (χ0n) is 20.9.